The Labute approximate surface area is 185 Å². The summed E-state index contributed by atoms with van der Waals surface area (Å²) in [6.07, 6.45) is 4.92. The average Bonchev–Trinajstić information content (AvgIpc) is 2.77. The number of Topliss-reactive ketones (excluding diaryl/α,β-unsaturated/α-hetero) is 1. The molecule has 1 N–H and O–H groups in total. The predicted molar refractivity (Wildman–Crippen MR) is 122 cm³/mol. The zero-order valence-corrected chi connectivity index (χ0v) is 18.5. The number of anilines is 1. The van der Waals surface area contributed by atoms with E-state index in [0.717, 1.165) is 30.5 Å². The molecule has 166 valence electrons. The van der Waals surface area contributed by atoms with E-state index < -0.39 is 17.6 Å². The molecule has 2 aromatic carbocycles. The minimum atomic E-state index is -0.884. The van der Waals surface area contributed by atoms with Crippen LogP contribution >= 0.6 is 0 Å². The van der Waals surface area contributed by atoms with Crippen molar-refractivity contribution in [3.8, 4) is 5.75 Å². The first kappa shape index (κ1) is 22.9. The molecule has 2 atom stereocenters. The van der Waals surface area contributed by atoms with E-state index in [2.05, 4.69) is 6.92 Å². The average molecular weight is 424 g/mol. The fourth-order valence-electron chi connectivity index (χ4n) is 4.36. The van der Waals surface area contributed by atoms with Gasteiger partial charge in [-0.2, -0.15) is 0 Å². The summed E-state index contributed by atoms with van der Waals surface area (Å²) in [6.45, 7) is 4.75. The van der Waals surface area contributed by atoms with E-state index in [1.807, 2.05) is 54.3 Å². The van der Waals surface area contributed by atoms with Crippen molar-refractivity contribution in [2.75, 3.05) is 11.4 Å². The first-order valence-corrected chi connectivity index (χ1v) is 11.3. The molecule has 0 aliphatic carbocycles. The quantitative estimate of drug-likeness (QED) is 0.428. The summed E-state index contributed by atoms with van der Waals surface area (Å²) < 4.78 is 6.10. The summed E-state index contributed by atoms with van der Waals surface area (Å²) >= 11 is 0. The molecule has 0 amide bonds. The number of aryl methyl sites for hydroxylation is 1. The second-order valence-electron chi connectivity index (χ2n) is 8.45. The fraction of sp³-hybridized carbons (Fsp3) is 0.462. The lowest BCUT2D eigenvalue weighted by Gasteiger charge is -2.42. The number of para-hydroxylation sites is 1. The molecule has 1 saturated heterocycles. The van der Waals surface area contributed by atoms with Crippen molar-refractivity contribution < 1.29 is 19.4 Å². The van der Waals surface area contributed by atoms with Gasteiger partial charge in [0.05, 0.1) is 0 Å². The van der Waals surface area contributed by atoms with Crippen molar-refractivity contribution >= 4 is 17.4 Å². The summed E-state index contributed by atoms with van der Waals surface area (Å²) in [5.74, 6) is -0.269. The first-order chi connectivity index (χ1) is 15.0. The Kier molecular flexibility index (Phi) is 7.72. The van der Waals surface area contributed by atoms with Crippen LogP contribution < -0.4 is 4.90 Å². The van der Waals surface area contributed by atoms with Crippen LogP contribution in [0.3, 0.4) is 0 Å². The minimum absolute atomic E-state index is 0.0598. The molecule has 0 saturated carbocycles. The molecule has 0 radical (unpaired) electrons. The molecule has 5 nitrogen and oxygen atoms in total. The van der Waals surface area contributed by atoms with Gasteiger partial charge in [0.25, 0.3) is 0 Å². The Hall–Kier alpha value is -2.82. The van der Waals surface area contributed by atoms with Gasteiger partial charge in [0, 0.05) is 18.7 Å². The zero-order valence-electron chi connectivity index (χ0n) is 18.5. The lowest BCUT2D eigenvalue weighted by molar-refractivity contribution is -0.174. The SMILES string of the molecule is CCCCC1(CCc2ccc(O)cc2)CC(=O)C(N(CCC)c2ccccc2)C(=O)O1. The molecular weight excluding hydrogens is 390 g/mol. The van der Waals surface area contributed by atoms with Gasteiger partial charge in [0.2, 0.25) is 0 Å². The third-order valence-corrected chi connectivity index (χ3v) is 6.00. The van der Waals surface area contributed by atoms with Crippen molar-refractivity contribution in [2.24, 2.45) is 0 Å². The number of ketones is 1. The van der Waals surface area contributed by atoms with E-state index >= 15 is 0 Å². The zero-order chi connectivity index (χ0) is 22.3. The number of carbonyl (C=O) groups excluding carboxylic acids is 2. The Morgan fingerprint density at radius 2 is 1.71 bits per heavy atom. The monoisotopic (exact) mass is 423 g/mol. The lowest BCUT2D eigenvalue weighted by Crippen LogP contribution is -2.57. The van der Waals surface area contributed by atoms with Crippen LogP contribution in [0.1, 0.15) is 57.9 Å². The highest BCUT2D eigenvalue weighted by molar-refractivity contribution is 6.08. The topological polar surface area (TPSA) is 66.8 Å². The number of phenols is 1. The Bertz CT molecular complexity index is 845. The highest BCUT2D eigenvalue weighted by atomic mass is 16.6. The molecular formula is C26H33NO4. The number of benzene rings is 2. The standard InChI is InChI=1S/C26H33NO4/c1-3-5-16-26(17-15-20-11-13-22(28)14-12-20)19-23(29)24(25(30)31-26)27(18-4-2)21-9-7-6-8-10-21/h6-14,24,28H,3-5,15-19H2,1-2H3. The molecule has 0 spiro atoms. The number of ether oxygens (including phenoxy) is 1. The van der Waals surface area contributed by atoms with Crippen LogP contribution in [0.2, 0.25) is 0 Å². The number of unbranched alkanes of at least 4 members (excludes halogenated alkanes) is 1. The van der Waals surface area contributed by atoms with Crippen LogP contribution in [0.5, 0.6) is 5.75 Å². The Morgan fingerprint density at radius 3 is 2.32 bits per heavy atom. The Morgan fingerprint density at radius 1 is 1.00 bits per heavy atom. The molecule has 2 aromatic rings. The predicted octanol–water partition coefficient (Wildman–Crippen LogP) is 5.06. The number of phenolic OH excluding ortho intramolecular Hbond substituents is 1. The maximum atomic E-state index is 13.4. The van der Waals surface area contributed by atoms with Crippen LogP contribution in [-0.4, -0.2) is 35.0 Å². The molecule has 1 aliphatic rings. The normalized spacial score (nSPS) is 21.0. The molecule has 2 unspecified atom stereocenters. The largest absolute Gasteiger partial charge is 0.508 e. The number of rotatable bonds is 10. The third-order valence-electron chi connectivity index (χ3n) is 6.00. The molecule has 0 bridgehead atoms. The van der Waals surface area contributed by atoms with Crippen molar-refractivity contribution in [3.63, 3.8) is 0 Å². The summed E-state index contributed by atoms with van der Waals surface area (Å²) in [6, 6.07) is 15.8. The second-order valence-corrected chi connectivity index (χ2v) is 8.45. The third kappa shape index (κ3) is 5.66. The van der Waals surface area contributed by atoms with E-state index in [1.54, 1.807) is 12.1 Å². The molecule has 1 fully saturated rings. The van der Waals surface area contributed by atoms with E-state index in [0.29, 0.717) is 25.8 Å². The minimum Gasteiger partial charge on any atom is -0.508 e. The smallest absolute Gasteiger partial charge is 0.337 e. The van der Waals surface area contributed by atoms with Gasteiger partial charge >= 0.3 is 5.97 Å². The van der Waals surface area contributed by atoms with E-state index in [-0.39, 0.29) is 18.0 Å². The molecule has 5 heteroatoms. The van der Waals surface area contributed by atoms with Crippen molar-refractivity contribution in [1.29, 1.82) is 0 Å². The highest BCUT2D eigenvalue weighted by Crippen LogP contribution is 2.36. The molecule has 31 heavy (non-hydrogen) atoms. The van der Waals surface area contributed by atoms with E-state index in [1.165, 1.54) is 0 Å². The molecule has 3 rings (SSSR count). The van der Waals surface area contributed by atoms with Crippen LogP contribution in [0.25, 0.3) is 0 Å². The highest BCUT2D eigenvalue weighted by Gasteiger charge is 2.48. The van der Waals surface area contributed by atoms with Gasteiger partial charge in [-0.05, 0) is 61.9 Å². The van der Waals surface area contributed by atoms with Gasteiger partial charge in [-0.1, -0.05) is 50.6 Å². The van der Waals surface area contributed by atoms with Crippen molar-refractivity contribution in [3.05, 3.63) is 60.2 Å². The molecule has 1 aliphatic heterocycles. The second kappa shape index (κ2) is 10.5. The van der Waals surface area contributed by atoms with Crippen LogP contribution in [0.15, 0.2) is 54.6 Å². The van der Waals surface area contributed by atoms with Crippen LogP contribution in [0, 0.1) is 0 Å². The van der Waals surface area contributed by atoms with Crippen molar-refractivity contribution in [1.82, 2.24) is 0 Å². The molecule has 1 heterocycles. The summed E-state index contributed by atoms with van der Waals surface area (Å²) in [5.41, 5.74) is 1.16. The van der Waals surface area contributed by atoms with Gasteiger partial charge in [-0.3, -0.25) is 4.79 Å². The van der Waals surface area contributed by atoms with Gasteiger partial charge in [-0.15, -0.1) is 0 Å². The van der Waals surface area contributed by atoms with Gasteiger partial charge in [0.1, 0.15) is 11.4 Å². The lowest BCUT2D eigenvalue weighted by atomic mass is 9.81. The maximum absolute atomic E-state index is 13.4. The maximum Gasteiger partial charge on any atom is 0.337 e. The molecule has 0 aromatic heterocycles. The number of cyclic esters (lactones) is 1. The first-order valence-electron chi connectivity index (χ1n) is 11.3. The number of carbonyl (C=O) groups is 2. The summed E-state index contributed by atoms with van der Waals surface area (Å²) in [7, 11) is 0. The number of esters is 1. The Balaban J connectivity index is 1.80. The van der Waals surface area contributed by atoms with E-state index in [4.69, 9.17) is 4.74 Å². The van der Waals surface area contributed by atoms with Crippen LogP contribution in [0.4, 0.5) is 5.69 Å². The van der Waals surface area contributed by atoms with Gasteiger partial charge < -0.3 is 14.7 Å². The summed E-state index contributed by atoms with van der Waals surface area (Å²) in [5, 5.41) is 9.51. The van der Waals surface area contributed by atoms with Gasteiger partial charge in [-0.25, -0.2) is 4.79 Å². The van der Waals surface area contributed by atoms with E-state index in [9.17, 15) is 14.7 Å². The summed E-state index contributed by atoms with van der Waals surface area (Å²) in [4.78, 5) is 28.4. The number of hydrogen-bond donors (Lipinski definition) is 1. The number of aromatic hydroxyl groups is 1. The number of hydrogen-bond acceptors (Lipinski definition) is 5. The number of nitrogens with zero attached hydrogens (tertiary/aromatic N) is 1. The van der Waals surface area contributed by atoms with Gasteiger partial charge in [0.15, 0.2) is 11.8 Å². The van der Waals surface area contributed by atoms with Crippen molar-refractivity contribution in [2.45, 2.75) is 70.4 Å². The fourth-order valence-corrected chi connectivity index (χ4v) is 4.36. The van der Waals surface area contributed by atoms with Crippen LogP contribution in [-0.2, 0) is 20.7 Å².